The summed E-state index contributed by atoms with van der Waals surface area (Å²) in [4.78, 5) is 12.2. The first-order valence-corrected chi connectivity index (χ1v) is 6.81. The summed E-state index contributed by atoms with van der Waals surface area (Å²) in [6, 6.07) is 7.93. The molecule has 0 aliphatic carbocycles. The van der Waals surface area contributed by atoms with E-state index in [1.165, 1.54) is 12.1 Å². The van der Waals surface area contributed by atoms with Gasteiger partial charge in [0, 0.05) is 11.4 Å². The maximum absolute atomic E-state index is 13.4. The molecule has 0 radical (unpaired) electrons. The van der Waals surface area contributed by atoms with Gasteiger partial charge < -0.3 is 11.1 Å². The van der Waals surface area contributed by atoms with Crippen LogP contribution >= 0.6 is 15.9 Å². The Morgan fingerprint density at radius 3 is 2.65 bits per heavy atom. The van der Waals surface area contributed by atoms with Gasteiger partial charge in [0.25, 0.3) is 5.91 Å². The fraction of sp³-hybridized carbons (Fsp3) is 0.133. The van der Waals surface area contributed by atoms with Gasteiger partial charge in [-0.15, -0.1) is 0 Å². The molecule has 0 saturated heterocycles. The van der Waals surface area contributed by atoms with E-state index in [0.717, 1.165) is 11.1 Å². The van der Waals surface area contributed by atoms with Crippen molar-refractivity contribution in [2.24, 2.45) is 0 Å². The van der Waals surface area contributed by atoms with Crippen LogP contribution in [0.25, 0.3) is 0 Å². The van der Waals surface area contributed by atoms with Gasteiger partial charge in [-0.25, -0.2) is 4.39 Å². The van der Waals surface area contributed by atoms with Crippen LogP contribution in [0, 0.1) is 19.7 Å². The summed E-state index contributed by atoms with van der Waals surface area (Å²) in [6.07, 6.45) is 0. The van der Waals surface area contributed by atoms with Crippen molar-refractivity contribution in [3.05, 3.63) is 57.3 Å². The zero-order valence-electron chi connectivity index (χ0n) is 11.1. The molecule has 20 heavy (non-hydrogen) atoms. The van der Waals surface area contributed by atoms with Crippen LogP contribution < -0.4 is 11.1 Å². The molecule has 0 aliphatic heterocycles. The number of nitrogen functional groups attached to an aromatic ring is 1. The van der Waals surface area contributed by atoms with Crippen LogP contribution in [-0.2, 0) is 0 Å². The van der Waals surface area contributed by atoms with Gasteiger partial charge in [-0.3, -0.25) is 4.79 Å². The minimum absolute atomic E-state index is 0.148. The van der Waals surface area contributed by atoms with Gasteiger partial charge in [-0.05, 0) is 59.1 Å². The van der Waals surface area contributed by atoms with Crippen LogP contribution in [0.4, 0.5) is 15.8 Å². The summed E-state index contributed by atoms with van der Waals surface area (Å²) < 4.78 is 13.6. The first-order chi connectivity index (χ1) is 9.40. The lowest BCUT2D eigenvalue weighted by Gasteiger charge is -2.12. The van der Waals surface area contributed by atoms with Crippen LogP contribution in [0.1, 0.15) is 21.5 Å². The van der Waals surface area contributed by atoms with E-state index in [9.17, 15) is 9.18 Å². The van der Waals surface area contributed by atoms with Gasteiger partial charge in [0.15, 0.2) is 0 Å². The molecule has 3 N–H and O–H groups in total. The molecule has 0 heterocycles. The monoisotopic (exact) mass is 336 g/mol. The Bertz CT molecular complexity index is 686. The molecule has 0 unspecified atom stereocenters. The number of nitrogens with two attached hydrogens (primary N) is 1. The van der Waals surface area contributed by atoms with Gasteiger partial charge in [-0.2, -0.15) is 0 Å². The van der Waals surface area contributed by atoms with E-state index in [1.807, 2.05) is 19.9 Å². The van der Waals surface area contributed by atoms with Gasteiger partial charge in [0.2, 0.25) is 0 Å². The quantitative estimate of drug-likeness (QED) is 0.813. The molecule has 0 bridgehead atoms. The van der Waals surface area contributed by atoms with Gasteiger partial charge in [-0.1, -0.05) is 12.1 Å². The molecule has 0 aliphatic rings. The second-order valence-corrected chi connectivity index (χ2v) is 5.37. The van der Waals surface area contributed by atoms with E-state index < -0.39 is 5.82 Å². The largest absolute Gasteiger partial charge is 0.398 e. The third-order valence-corrected chi connectivity index (χ3v) is 3.86. The molecule has 1 amide bonds. The number of rotatable bonds is 2. The predicted octanol–water partition coefficient (Wildman–Crippen LogP) is 4.04. The lowest BCUT2D eigenvalue weighted by Crippen LogP contribution is -2.14. The summed E-state index contributed by atoms with van der Waals surface area (Å²) in [5.74, 6) is -0.861. The zero-order chi connectivity index (χ0) is 14.9. The first-order valence-electron chi connectivity index (χ1n) is 6.02. The molecule has 0 saturated carbocycles. The Balaban J connectivity index is 2.33. The highest BCUT2D eigenvalue weighted by Gasteiger charge is 2.14. The molecule has 5 heteroatoms. The zero-order valence-corrected chi connectivity index (χ0v) is 12.7. The summed E-state index contributed by atoms with van der Waals surface area (Å²) in [6.45, 7) is 3.78. The van der Waals surface area contributed by atoms with E-state index in [1.54, 1.807) is 12.1 Å². The number of benzene rings is 2. The van der Waals surface area contributed by atoms with E-state index in [0.29, 0.717) is 11.4 Å². The molecule has 0 spiro atoms. The Labute approximate surface area is 125 Å². The maximum Gasteiger partial charge on any atom is 0.256 e. The predicted molar refractivity (Wildman–Crippen MR) is 82.4 cm³/mol. The maximum atomic E-state index is 13.4. The van der Waals surface area contributed by atoms with E-state index in [-0.39, 0.29) is 15.9 Å². The van der Waals surface area contributed by atoms with Crippen molar-refractivity contribution in [1.82, 2.24) is 0 Å². The molecule has 2 aromatic carbocycles. The van der Waals surface area contributed by atoms with Gasteiger partial charge in [0.05, 0.1) is 10.0 Å². The van der Waals surface area contributed by atoms with Crippen molar-refractivity contribution < 1.29 is 9.18 Å². The Kier molecular flexibility index (Phi) is 4.09. The van der Waals surface area contributed by atoms with Crippen LogP contribution in [0.15, 0.2) is 34.8 Å². The summed E-state index contributed by atoms with van der Waals surface area (Å²) in [7, 11) is 0. The number of carbonyl (C=O) groups excluding carboxylic acids is 1. The normalized spacial score (nSPS) is 10.4. The minimum atomic E-state index is -0.474. The minimum Gasteiger partial charge on any atom is -0.398 e. The number of anilines is 2. The van der Waals surface area contributed by atoms with Crippen LogP contribution in [-0.4, -0.2) is 5.91 Å². The van der Waals surface area contributed by atoms with Crippen molar-refractivity contribution in [1.29, 1.82) is 0 Å². The van der Waals surface area contributed by atoms with Crippen molar-refractivity contribution >= 4 is 33.2 Å². The fourth-order valence-electron chi connectivity index (χ4n) is 1.87. The number of amides is 1. The van der Waals surface area contributed by atoms with Gasteiger partial charge >= 0.3 is 0 Å². The smallest absolute Gasteiger partial charge is 0.256 e. The molecule has 0 atom stereocenters. The van der Waals surface area contributed by atoms with Crippen molar-refractivity contribution in [2.75, 3.05) is 11.1 Å². The first kappa shape index (κ1) is 14.5. The highest BCUT2D eigenvalue weighted by atomic mass is 79.9. The molecule has 104 valence electrons. The number of nitrogens with one attached hydrogen (secondary N) is 1. The van der Waals surface area contributed by atoms with Crippen LogP contribution in [0.3, 0.4) is 0 Å². The second kappa shape index (κ2) is 5.63. The fourth-order valence-corrected chi connectivity index (χ4v) is 2.32. The van der Waals surface area contributed by atoms with Crippen LogP contribution in [0.2, 0.25) is 0 Å². The van der Waals surface area contributed by atoms with Crippen molar-refractivity contribution in [3.8, 4) is 0 Å². The van der Waals surface area contributed by atoms with Crippen molar-refractivity contribution in [3.63, 3.8) is 0 Å². The molecular formula is C15H14BrFN2O. The summed E-state index contributed by atoms with van der Waals surface area (Å²) in [5.41, 5.74) is 9.15. The van der Waals surface area contributed by atoms with Crippen LogP contribution in [0.5, 0.6) is 0 Å². The van der Waals surface area contributed by atoms with Gasteiger partial charge in [0.1, 0.15) is 5.82 Å². The Hall–Kier alpha value is -1.88. The van der Waals surface area contributed by atoms with E-state index >= 15 is 0 Å². The number of hydrogen-bond acceptors (Lipinski definition) is 2. The molecular weight excluding hydrogens is 323 g/mol. The summed E-state index contributed by atoms with van der Waals surface area (Å²) in [5, 5.41) is 2.75. The lowest BCUT2D eigenvalue weighted by atomic mass is 10.1. The second-order valence-electron chi connectivity index (χ2n) is 4.58. The van der Waals surface area contributed by atoms with E-state index in [2.05, 4.69) is 21.2 Å². The van der Waals surface area contributed by atoms with E-state index in [4.69, 9.17) is 5.73 Å². The standard InChI is InChI=1S/C15H14BrFN2O/c1-8-6-9(2)13(7-12(8)18)19-15(20)10-4-3-5-11(17)14(10)16/h3-7H,18H2,1-2H3,(H,19,20). The third-order valence-electron chi connectivity index (χ3n) is 3.06. The summed E-state index contributed by atoms with van der Waals surface area (Å²) >= 11 is 3.08. The highest BCUT2D eigenvalue weighted by molar-refractivity contribution is 9.10. The number of carbonyl (C=O) groups is 1. The number of hydrogen-bond donors (Lipinski definition) is 2. The average molecular weight is 337 g/mol. The average Bonchev–Trinajstić information content (AvgIpc) is 2.39. The molecule has 0 aromatic heterocycles. The molecule has 0 fully saturated rings. The topological polar surface area (TPSA) is 55.1 Å². The number of aryl methyl sites for hydroxylation is 2. The lowest BCUT2D eigenvalue weighted by molar-refractivity contribution is 0.102. The molecule has 3 nitrogen and oxygen atoms in total. The Morgan fingerprint density at radius 1 is 1.25 bits per heavy atom. The molecule has 2 aromatic rings. The van der Waals surface area contributed by atoms with Crippen molar-refractivity contribution in [2.45, 2.75) is 13.8 Å². The highest BCUT2D eigenvalue weighted by Crippen LogP contribution is 2.25. The number of halogens is 2. The Morgan fingerprint density at radius 2 is 1.95 bits per heavy atom. The SMILES string of the molecule is Cc1cc(C)c(NC(=O)c2cccc(F)c2Br)cc1N. The third kappa shape index (κ3) is 2.82. The molecule has 2 rings (SSSR count).